The monoisotopic (exact) mass is 294 g/mol. The van der Waals surface area contributed by atoms with E-state index in [4.69, 9.17) is 5.26 Å². The van der Waals surface area contributed by atoms with Gasteiger partial charge >= 0.3 is 0 Å². The lowest BCUT2D eigenvalue weighted by Crippen LogP contribution is -2.33. The van der Waals surface area contributed by atoms with Crippen molar-refractivity contribution in [2.75, 3.05) is 0 Å². The third kappa shape index (κ3) is 3.72. The number of rotatable bonds is 6. The first-order valence-electron chi connectivity index (χ1n) is 7.72. The molecule has 0 bridgehead atoms. The lowest BCUT2D eigenvalue weighted by molar-refractivity contribution is 0.451. The predicted molar refractivity (Wildman–Crippen MR) is 84.6 cm³/mol. The molecule has 1 fully saturated rings. The molecule has 1 aliphatic carbocycles. The normalized spacial score (nSPS) is 15.3. The predicted octanol–water partition coefficient (Wildman–Crippen LogP) is 3.81. The van der Waals surface area contributed by atoms with Gasteiger partial charge < -0.3 is 5.32 Å². The quantitative estimate of drug-likeness (QED) is 0.879. The van der Waals surface area contributed by atoms with Gasteiger partial charge in [-0.05, 0) is 42.9 Å². The summed E-state index contributed by atoms with van der Waals surface area (Å²) in [6.45, 7) is 0.505. The first kappa shape index (κ1) is 14.7. The van der Waals surface area contributed by atoms with Crippen molar-refractivity contribution in [3.63, 3.8) is 0 Å². The van der Waals surface area contributed by atoms with Gasteiger partial charge in [0.1, 0.15) is 5.82 Å². The Labute approximate surface area is 130 Å². The van der Waals surface area contributed by atoms with Gasteiger partial charge in [-0.3, -0.25) is 0 Å². The third-order valence-electron chi connectivity index (χ3n) is 4.23. The van der Waals surface area contributed by atoms with E-state index in [1.165, 1.54) is 24.5 Å². The van der Waals surface area contributed by atoms with Crippen LogP contribution >= 0.6 is 0 Å². The van der Waals surface area contributed by atoms with Gasteiger partial charge in [0.05, 0.1) is 11.6 Å². The second-order valence-corrected chi connectivity index (χ2v) is 5.93. The van der Waals surface area contributed by atoms with E-state index in [1.54, 1.807) is 12.1 Å². The second kappa shape index (κ2) is 6.72. The summed E-state index contributed by atoms with van der Waals surface area (Å²) in [5.74, 6) is 0.391. The number of benzene rings is 2. The highest BCUT2D eigenvalue weighted by Gasteiger charge is 2.30. The number of hydrogen-bond acceptors (Lipinski definition) is 2. The summed E-state index contributed by atoms with van der Waals surface area (Å²) in [5.41, 5.74) is 2.30. The molecule has 3 rings (SSSR count). The standard InChI is InChI=1S/C19H19FN2/c20-18-10-15(12-21)6-7-17(18)13-22-19(16-8-9-16)11-14-4-2-1-3-5-14/h1-7,10,16,19,22H,8-9,11,13H2/t19-/m0/s1. The highest BCUT2D eigenvalue weighted by Crippen LogP contribution is 2.34. The van der Waals surface area contributed by atoms with E-state index in [2.05, 4.69) is 29.6 Å². The summed E-state index contributed by atoms with van der Waals surface area (Å²) in [4.78, 5) is 0. The van der Waals surface area contributed by atoms with Crippen molar-refractivity contribution < 1.29 is 4.39 Å². The van der Waals surface area contributed by atoms with E-state index in [-0.39, 0.29) is 5.82 Å². The Morgan fingerprint density at radius 1 is 1.18 bits per heavy atom. The van der Waals surface area contributed by atoms with Crippen LogP contribution in [0.3, 0.4) is 0 Å². The first-order chi connectivity index (χ1) is 10.8. The van der Waals surface area contributed by atoms with Crippen LogP contribution in [0.1, 0.15) is 29.5 Å². The van der Waals surface area contributed by atoms with Gasteiger partial charge in [0.25, 0.3) is 0 Å². The minimum atomic E-state index is -0.305. The Balaban J connectivity index is 1.64. The van der Waals surface area contributed by atoms with Crippen LogP contribution in [0.25, 0.3) is 0 Å². The van der Waals surface area contributed by atoms with Gasteiger partial charge in [-0.15, -0.1) is 0 Å². The van der Waals surface area contributed by atoms with Gasteiger partial charge in [-0.2, -0.15) is 5.26 Å². The molecule has 1 atom stereocenters. The van der Waals surface area contributed by atoms with Crippen molar-refractivity contribution in [2.24, 2.45) is 5.92 Å². The molecule has 1 saturated carbocycles. The van der Waals surface area contributed by atoms with E-state index in [0.29, 0.717) is 29.6 Å². The third-order valence-corrected chi connectivity index (χ3v) is 4.23. The average molecular weight is 294 g/mol. The smallest absolute Gasteiger partial charge is 0.129 e. The highest BCUT2D eigenvalue weighted by molar-refractivity contribution is 5.32. The van der Waals surface area contributed by atoms with Gasteiger partial charge in [0.2, 0.25) is 0 Å². The van der Waals surface area contributed by atoms with Crippen LogP contribution in [0, 0.1) is 23.1 Å². The number of nitrogens with one attached hydrogen (secondary N) is 1. The number of nitriles is 1. The maximum Gasteiger partial charge on any atom is 0.129 e. The molecule has 0 radical (unpaired) electrons. The van der Waals surface area contributed by atoms with Gasteiger partial charge in [0, 0.05) is 18.2 Å². The molecule has 0 spiro atoms. The molecule has 1 N–H and O–H groups in total. The molecular formula is C19H19FN2. The molecule has 2 nitrogen and oxygen atoms in total. The summed E-state index contributed by atoms with van der Waals surface area (Å²) in [5, 5.41) is 12.3. The molecule has 0 heterocycles. The fourth-order valence-electron chi connectivity index (χ4n) is 2.77. The van der Waals surface area contributed by atoms with Crippen LogP contribution in [0.4, 0.5) is 4.39 Å². The molecule has 0 saturated heterocycles. The largest absolute Gasteiger partial charge is 0.309 e. The molecule has 0 aliphatic heterocycles. The Bertz CT molecular complexity index is 672. The number of nitrogens with zero attached hydrogens (tertiary/aromatic N) is 1. The van der Waals surface area contributed by atoms with Crippen molar-refractivity contribution in [1.82, 2.24) is 5.32 Å². The molecule has 112 valence electrons. The molecule has 1 aliphatic rings. The molecule has 0 amide bonds. The zero-order valence-electron chi connectivity index (χ0n) is 12.4. The average Bonchev–Trinajstić information content (AvgIpc) is 3.38. The van der Waals surface area contributed by atoms with E-state index in [0.717, 1.165) is 6.42 Å². The minimum absolute atomic E-state index is 0.305. The van der Waals surface area contributed by atoms with Gasteiger partial charge in [-0.1, -0.05) is 36.4 Å². The van der Waals surface area contributed by atoms with Crippen molar-refractivity contribution in [1.29, 1.82) is 5.26 Å². The highest BCUT2D eigenvalue weighted by atomic mass is 19.1. The maximum absolute atomic E-state index is 13.9. The molecular weight excluding hydrogens is 275 g/mol. The lowest BCUT2D eigenvalue weighted by atomic mass is 10.0. The summed E-state index contributed by atoms with van der Waals surface area (Å²) in [6.07, 6.45) is 3.48. The molecule has 3 heteroatoms. The zero-order valence-corrected chi connectivity index (χ0v) is 12.4. The summed E-state index contributed by atoms with van der Waals surface area (Å²) >= 11 is 0. The van der Waals surface area contributed by atoms with Crippen LogP contribution in [0.5, 0.6) is 0 Å². The second-order valence-electron chi connectivity index (χ2n) is 5.93. The van der Waals surface area contributed by atoms with Crippen LogP contribution < -0.4 is 5.32 Å². The Morgan fingerprint density at radius 2 is 1.95 bits per heavy atom. The van der Waals surface area contributed by atoms with Crippen molar-refractivity contribution in [3.05, 3.63) is 71.0 Å². The van der Waals surface area contributed by atoms with Crippen molar-refractivity contribution in [3.8, 4) is 6.07 Å². The SMILES string of the molecule is N#Cc1ccc(CN[C@@H](Cc2ccccc2)C2CC2)c(F)c1. The van der Waals surface area contributed by atoms with E-state index in [1.807, 2.05) is 12.1 Å². The molecule has 0 unspecified atom stereocenters. The Hall–Kier alpha value is -2.18. The van der Waals surface area contributed by atoms with Crippen LogP contribution in [-0.4, -0.2) is 6.04 Å². The van der Waals surface area contributed by atoms with E-state index >= 15 is 0 Å². The summed E-state index contributed by atoms with van der Waals surface area (Å²) < 4.78 is 13.9. The van der Waals surface area contributed by atoms with Gasteiger partial charge in [0.15, 0.2) is 0 Å². The van der Waals surface area contributed by atoms with E-state index in [9.17, 15) is 4.39 Å². The zero-order chi connectivity index (χ0) is 15.4. The Kier molecular flexibility index (Phi) is 4.50. The van der Waals surface area contributed by atoms with Crippen LogP contribution in [0.15, 0.2) is 48.5 Å². The molecule has 2 aromatic rings. The van der Waals surface area contributed by atoms with E-state index < -0.39 is 0 Å². The van der Waals surface area contributed by atoms with Crippen LogP contribution in [0.2, 0.25) is 0 Å². The Morgan fingerprint density at radius 3 is 2.59 bits per heavy atom. The van der Waals surface area contributed by atoms with Crippen molar-refractivity contribution >= 4 is 0 Å². The summed E-state index contributed by atoms with van der Waals surface area (Å²) in [7, 11) is 0. The topological polar surface area (TPSA) is 35.8 Å². The maximum atomic E-state index is 13.9. The molecule has 2 aromatic carbocycles. The fourth-order valence-corrected chi connectivity index (χ4v) is 2.77. The summed E-state index contributed by atoms with van der Waals surface area (Å²) in [6, 6.07) is 17.4. The molecule has 0 aromatic heterocycles. The minimum Gasteiger partial charge on any atom is -0.309 e. The van der Waals surface area contributed by atoms with Gasteiger partial charge in [-0.25, -0.2) is 4.39 Å². The molecule has 22 heavy (non-hydrogen) atoms. The van der Waals surface area contributed by atoms with Crippen molar-refractivity contribution in [2.45, 2.75) is 31.8 Å². The first-order valence-corrected chi connectivity index (χ1v) is 7.72. The lowest BCUT2D eigenvalue weighted by Gasteiger charge is -2.19. The fraction of sp³-hybridized carbons (Fsp3) is 0.316. The van der Waals surface area contributed by atoms with Crippen LogP contribution in [-0.2, 0) is 13.0 Å². The number of hydrogen-bond donors (Lipinski definition) is 1. The number of halogens is 1.